The van der Waals surface area contributed by atoms with E-state index in [1.807, 2.05) is 94.0 Å². The third-order valence-electron chi connectivity index (χ3n) is 7.15. The summed E-state index contributed by atoms with van der Waals surface area (Å²) in [6.07, 6.45) is 1.94. The summed E-state index contributed by atoms with van der Waals surface area (Å²) in [5.74, 6) is -0.864. The highest BCUT2D eigenvalue weighted by Gasteiger charge is 2.48. The third kappa shape index (κ3) is 3.89. The van der Waals surface area contributed by atoms with Gasteiger partial charge in [-0.25, -0.2) is 0 Å². The molecular weight excluding hydrogens is 464 g/mol. The minimum absolute atomic E-state index is 0.0770. The first-order valence-corrected chi connectivity index (χ1v) is 12.2. The number of carbonyl (C=O) groups is 2. The first-order chi connectivity index (χ1) is 17.6. The van der Waals surface area contributed by atoms with E-state index < -0.39 is 17.7 Å². The maximum atomic E-state index is 13.7. The standard InChI is InChI=1S/C31H30N2O4/c1-17-11-18(2)13-21(12-17)33-28(24-16-32(5)25-10-8-7-9-22(24)25)27(30(35)31(33)36)29(34)23-14-20(4)26(37-6)15-19(23)3/h7-16,28,34H,1-6H3/b29-27+. The van der Waals surface area contributed by atoms with Gasteiger partial charge in [0.25, 0.3) is 11.7 Å². The predicted octanol–water partition coefficient (Wildman–Crippen LogP) is 6.05. The molecule has 1 saturated heterocycles. The monoisotopic (exact) mass is 494 g/mol. The number of amides is 1. The molecule has 2 heterocycles. The van der Waals surface area contributed by atoms with Crippen molar-refractivity contribution in [1.82, 2.24) is 4.57 Å². The Balaban J connectivity index is 1.83. The second-order valence-electron chi connectivity index (χ2n) is 9.86. The average molecular weight is 495 g/mol. The molecule has 1 amide bonds. The summed E-state index contributed by atoms with van der Waals surface area (Å²) in [6.45, 7) is 7.66. The van der Waals surface area contributed by atoms with Crippen molar-refractivity contribution in [2.45, 2.75) is 33.7 Å². The number of aliphatic hydroxyl groups excluding tert-OH is 1. The van der Waals surface area contributed by atoms with Crippen LogP contribution < -0.4 is 9.64 Å². The molecular formula is C31H30N2O4. The van der Waals surface area contributed by atoms with Crippen LogP contribution in [0.5, 0.6) is 5.75 Å². The third-order valence-corrected chi connectivity index (χ3v) is 7.15. The molecule has 1 aliphatic rings. The first kappa shape index (κ1) is 24.4. The minimum Gasteiger partial charge on any atom is -0.507 e. The predicted molar refractivity (Wildman–Crippen MR) is 146 cm³/mol. The highest BCUT2D eigenvalue weighted by Crippen LogP contribution is 2.45. The number of methoxy groups -OCH3 is 1. The van der Waals surface area contributed by atoms with Crippen LogP contribution in [0.25, 0.3) is 16.7 Å². The second-order valence-corrected chi connectivity index (χ2v) is 9.86. The van der Waals surface area contributed by atoms with Crippen molar-refractivity contribution < 1.29 is 19.4 Å². The van der Waals surface area contributed by atoms with Crippen molar-refractivity contribution in [2.75, 3.05) is 12.0 Å². The number of rotatable bonds is 4. The van der Waals surface area contributed by atoms with E-state index in [0.717, 1.165) is 38.7 Å². The van der Waals surface area contributed by atoms with Gasteiger partial charge in [0, 0.05) is 41.0 Å². The van der Waals surface area contributed by atoms with Crippen LogP contribution in [0.1, 0.15) is 39.4 Å². The number of aromatic nitrogens is 1. The van der Waals surface area contributed by atoms with Crippen molar-refractivity contribution in [3.8, 4) is 5.75 Å². The second kappa shape index (κ2) is 8.96. The fourth-order valence-corrected chi connectivity index (χ4v) is 5.48. The van der Waals surface area contributed by atoms with Crippen LogP contribution in [0.2, 0.25) is 0 Å². The number of hydrogen-bond acceptors (Lipinski definition) is 4. The van der Waals surface area contributed by atoms with E-state index in [-0.39, 0.29) is 11.3 Å². The lowest BCUT2D eigenvalue weighted by molar-refractivity contribution is -0.132. The van der Waals surface area contributed by atoms with E-state index in [1.54, 1.807) is 13.2 Å². The molecule has 3 aromatic carbocycles. The molecule has 0 saturated carbocycles. The summed E-state index contributed by atoms with van der Waals surface area (Å²) < 4.78 is 7.41. The SMILES string of the molecule is COc1cc(C)c(/C(O)=C2\C(=O)C(=O)N(c3cc(C)cc(C)c3)C2c2cn(C)c3ccccc23)cc1C. The van der Waals surface area contributed by atoms with Crippen LogP contribution in [-0.4, -0.2) is 28.5 Å². The minimum atomic E-state index is -0.797. The quantitative estimate of drug-likeness (QED) is 0.213. The highest BCUT2D eigenvalue weighted by molar-refractivity contribution is 6.52. The van der Waals surface area contributed by atoms with Gasteiger partial charge in [-0.05, 0) is 80.3 Å². The number of Topliss-reactive ketones (excluding diaryl/α,β-unsaturated/α-hetero) is 1. The summed E-state index contributed by atoms with van der Waals surface area (Å²) in [5, 5.41) is 12.6. The molecule has 5 rings (SSSR count). The van der Waals surface area contributed by atoms with Gasteiger partial charge in [-0.2, -0.15) is 0 Å². The van der Waals surface area contributed by atoms with E-state index in [9.17, 15) is 14.7 Å². The fraction of sp³-hybridized carbons (Fsp3) is 0.226. The van der Waals surface area contributed by atoms with Crippen LogP contribution in [0.15, 0.2) is 66.4 Å². The van der Waals surface area contributed by atoms with E-state index in [1.165, 1.54) is 4.90 Å². The Bertz CT molecular complexity index is 1610. The molecule has 1 fully saturated rings. The van der Waals surface area contributed by atoms with Crippen molar-refractivity contribution in [3.63, 3.8) is 0 Å². The number of anilines is 1. The molecule has 37 heavy (non-hydrogen) atoms. The van der Waals surface area contributed by atoms with Crippen LogP contribution in [0, 0.1) is 27.7 Å². The summed E-state index contributed by atoms with van der Waals surface area (Å²) in [6, 6.07) is 16.5. The van der Waals surface area contributed by atoms with Crippen molar-refractivity contribution in [1.29, 1.82) is 0 Å². The summed E-state index contributed by atoms with van der Waals surface area (Å²) in [4.78, 5) is 28.9. The average Bonchev–Trinajstić information content (AvgIpc) is 3.32. The van der Waals surface area contributed by atoms with Crippen molar-refractivity contribution in [2.24, 2.45) is 7.05 Å². The fourth-order valence-electron chi connectivity index (χ4n) is 5.48. The maximum Gasteiger partial charge on any atom is 0.300 e. The van der Waals surface area contributed by atoms with Gasteiger partial charge in [0.05, 0.1) is 18.7 Å². The molecule has 4 aromatic rings. The lowest BCUT2D eigenvalue weighted by Crippen LogP contribution is -2.29. The van der Waals surface area contributed by atoms with Gasteiger partial charge in [-0.15, -0.1) is 0 Å². The number of carbonyl (C=O) groups excluding carboxylic acids is 2. The van der Waals surface area contributed by atoms with Gasteiger partial charge in [-0.3, -0.25) is 14.5 Å². The highest BCUT2D eigenvalue weighted by atomic mass is 16.5. The Morgan fingerprint density at radius 1 is 0.919 bits per heavy atom. The van der Waals surface area contributed by atoms with E-state index in [0.29, 0.717) is 17.0 Å². The zero-order chi connectivity index (χ0) is 26.6. The van der Waals surface area contributed by atoms with Crippen LogP contribution in [0.3, 0.4) is 0 Å². The van der Waals surface area contributed by atoms with Gasteiger partial charge in [0.15, 0.2) is 0 Å². The van der Waals surface area contributed by atoms with Crippen LogP contribution in [0.4, 0.5) is 5.69 Å². The van der Waals surface area contributed by atoms with Gasteiger partial charge in [-0.1, -0.05) is 24.3 Å². The van der Waals surface area contributed by atoms with Gasteiger partial charge in [0.2, 0.25) is 0 Å². The normalized spacial score (nSPS) is 17.1. The number of aryl methyl sites for hydroxylation is 5. The number of benzene rings is 3. The number of ether oxygens (including phenoxy) is 1. The molecule has 6 nitrogen and oxygen atoms in total. The first-order valence-electron chi connectivity index (χ1n) is 12.2. The zero-order valence-electron chi connectivity index (χ0n) is 21.9. The molecule has 6 heteroatoms. The Kier molecular flexibility index (Phi) is 5.91. The number of hydrogen-bond donors (Lipinski definition) is 1. The molecule has 1 atom stereocenters. The molecule has 0 bridgehead atoms. The Morgan fingerprint density at radius 3 is 2.27 bits per heavy atom. The molecule has 1 aromatic heterocycles. The molecule has 0 aliphatic carbocycles. The molecule has 0 spiro atoms. The Hall–Kier alpha value is -4.32. The van der Waals surface area contributed by atoms with E-state index in [2.05, 4.69) is 0 Å². The number of ketones is 1. The topological polar surface area (TPSA) is 71.8 Å². The van der Waals surface area contributed by atoms with Gasteiger partial charge in [0.1, 0.15) is 11.5 Å². The Labute approximate surface area is 216 Å². The van der Waals surface area contributed by atoms with Crippen molar-refractivity contribution >= 4 is 34.0 Å². The number of aliphatic hydroxyl groups is 1. The van der Waals surface area contributed by atoms with Gasteiger partial charge < -0.3 is 14.4 Å². The van der Waals surface area contributed by atoms with Gasteiger partial charge >= 0.3 is 0 Å². The smallest absolute Gasteiger partial charge is 0.300 e. The largest absolute Gasteiger partial charge is 0.507 e. The molecule has 1 unspecified atom stereocenters. The van der Waals surface area contributed by atoms with E-state index in [4.69, 9.17) is 4.74 Å². The molecule has 1 aliphatic heterocycles. The number of para-hydroxylation sites is 1. The summed E-state index contributed by atoms with van der Waals surface area (Å²) in [7, 11) is 3.53. The summed E-state index contributed by atoms with van der Waals surface area (Å²) >= 11 is 0. The van der Waals surface area contributed by atoms with Crippen molar-refractivity contribution in [3.05, 3.63) is 99.7 Å². The number of nitrogens with zero attached hydrogens (tertiary/aromatic N) is 2. The molecule has 188 valence electrons. The van der Waals surface area contributed by atoms with Crippen LogP contribution in [-0.2, 0) is 16.6 Å². The summed E-state index contributed by atoms with van der Waals surface area (Å²) in [5.41, 5.74) is 6.48. The lowest BCUT2D eigenvalue weighted by atomic mass is 9.92. The Morgan fingerprint density at radius 2 is 1.59 bits per heavy atom. The molecule has 0 radical (unpaired) electrons. The zero-order valence-corrected chi connectivity index (χ0v) is 21.9. The lowest BCUT2D eigenvalue weighted by Gasteiger charge is -2.26. The number of fused-ring (bicyclic) bond motifs is 1. The van der Waals surface area contributed by atoms with Crippen LogP contribution >= 0.6 is 0 Å². The van der Waals surface area contributed by atoms with E-state index >= 15 is 0 Å². The molecule has 1 N–H and O–H groups in total. The maximum absolute atomic E-state index is 13.7.